The maximum absolute atomic E-state index is 13.3. The van der Waals surface area contributed by atoms with Gasteiger partial charge in [-0.25, -0.2) is 17.2 Å². The van der Waals surface area contributed by atoms with E-state index in [-0.39, 0.29) is 16.5 Å². The minimum atomic E-state index is -4.05. The van der Waals surface area contributed by atoms with Crippen molar-refractivity contribution >= 4 is 15.7 Å². The fourth-order valence-corrected chi connectivity index (χ4v) is 3.20. The number of sulfonamides is 1. The molecule has 0 aliphatic rings. The summed E-state index contributed by atoms with van der Waals surface area (Å²) < 4.78 is 58.2. The van der Waals surface area contributed by atoms with Gasteiger partial charge in [0.2, 0.25) is 0 Å². The minimum absolute atomic E-state index is 0.120. The highest BCUT2D eigenvalue weighted by Gasteiger charge is 2.17. The third-order valence-electron chi connectivity index (χ3n) is 3.54. The SMILES string of the molecule is CC(C)c1noc(-c2ccc(NS(=O)(=O)c3ccc(F)c(F)c3)cc2)n1. The zero-order chi connectivity index (χ0) is 18.9. The Bertz CT molecular complexity index is 1030. The van der Waals surface area contributed by atoms with E-state index in [1.807, 2.05) is 13.8 Å². The van der Waals surface area contributed by atoms with Crippen LogP contribution >= 0.6 is 0 Å². The highest BCUT2D eigenvalue weighted by atomic mass is 32.2. The fourth-order valence-electron chi connectivity index (χ4n) is 2.13. The van der Waals surface area contributed by atoms with Crippen molar-refractivity contribution in [2.45, 2.75) is 24.7 Å². The van der Waals surface area contributed by atoms with Crippen LogP contribution in [-0.4, -0.2) is 18.6 Å². The Morgan fingerprint density at radius 1 is 1.04 bits per heavy atom. The van der Waals surface area contributed by atoms with Gasteiger partial charge in [0.05, 0.1) is 4.90 Å². The molecule has 26 heavy (non-hydrogen) atoms. The lowest BCUT2D eigenvalue weighted by Crippen LogP contribution is -2.13. The first-order valence-corrected chi connectivity index (χ1v) is 9.16. The Balaban J connectivity index is 1.80. The zero-order valence-electron chi connectivity index (χ0n) is 13.9. The molecule has 1 aromatic heterocycles. The Morgan fingerprint density at radius 2 is 1.73 bits per heavy atom. The number of benzene rings is 2. The van der Waals surface area contributed by atoms with Crippen molar-refractivity contribution in [1.82, 2.24) is 10.1 Å². The summed E-state index contributed by atoms with van der Waals surface area (Å²) in [5, 5.41) is 3.87. The van der Waals surface area contributed by atoms with Crippen LogP contribution in [-0.2, 0) is 10.0 Å². The van der Waals surface area contributed by atoms with E-state index in [4.69, 9.17) is 4.52 Å². The number of nitrogens with one attached hydrogen (secondary N) is 1. The van der Waals surface area contributed by atoms with Crippen LogP contribution in [0.25, 0.3) is 11.5 Å². The average Bonchev–Trinajstić information content (AvgIpc) is 3.08. The molecule has 1 N–H and O–H groups in total. The van der Waals surface area contributed by atoms with Gasteiger partial charge in [-0.05, 0) is 42.5 Å². The molecule has 0 atom stereocenters. The predicted octanol–water partition coefficient (Wildman–Crippen LogP) is 3.94. The minimum Gasteiger partial charge on any atom is -0.334 e. The Kier molecular flexibility index (Phi) is 4.73. The summed E-state index contributed by atoms with van der Waals surface area (Å²) >= 11 is 0. The van der Waals surface area contributed by atoms with Crippen molar-refractivity contribution in [3.05, 3.63) is 59.9 Å². The van der Waals surface area contributed by atoms with Crippen molar-refractivity contribution in [2.24, 2.45) is 0 Å². The molecule has 2 aromatic carbocycles. The second kappa shape index (κ2) is 6.83. The van der Waals surface area contributed by atoms with Crippen molar-refractivity contribution in [3.63, 3.8) is 0 Å². The third-order valence-corrected chi connectivity index (χ3v) is 4.92. The van der Waals surface area contributed by atoms with Crippen molar-refractivity contribution in [2.75, 3.05) is 4.72 Å². The molecule has 6 nitrogen and oxygen atoms in total. The lowest BCUT2D eigenvalue weighted by atomic mass is 10.2. The first-order chi connectivity index (χ1) is 12.3. The summed E-state index contributed by atoms with van der Waals surface area (Å²) in [5.41, 5.74) is 0.877. The molecular weight excluding hydrogens is 364 g/mol. The van der Waals surface area contributed by atoms with E-state index < -0.39 is 21.7 Å². The molecular formula is C17H15F2N3O3S. The van der Waals surface area contributed by atoms with Gasteiger partial charge >= 0.3 is 0 Å². The molecule has 9 heteroatoms. The number of hydrogen-bond acceptors (Lipinski definition) is 5. The van der Waals surface area contributed by atoms with Gasteiger partial charge < -0.3 is 4.52 Å². The van der Waals surface area contributed by atoms with Crippen LogP contribution in [0.1, 0.15) is 25.6 Å². The summed E-state index contributed by atoms with van der Waals surface area (Å²) in [4.78, 5) is 3.88. The normalized spacial score (nSPS) is 11.7. The third kappa shape index (κ3) is 3.72. The molecule has 136 valence electrons. The Hall–Kier alpha value is -2.81. The van der Waals surface area contributed by atoms with E-state index in [0.717, 1.165) is 12.1 Å². The van der Waals surface area contributed by atoms with Gasteiger partial charge in [0.15, 0.2) is 17.5 Å². The second-order valence-corrected chi connectivity index (χ2v) is 7.55. The molecule has 0 radical (unpaired) electrons. The standard InChI is InChI=1S/C17H15F2N3O3S/c1-10(2)16-20-17(25-21-16)11-3-5-12(6-4-11)22-26(23,24)13-7-8-14(18)15(19)9-13/h3-10,22H,1-2H3. The average molecular weight is 379 g/mol. The lowest BCUT2D eigenvalue weighted by Gasteiger charge is -2.08. The van der Waals surface area contributed by atoms with Gasteiger partial charge in [0.25, 0.3) is 15.9 Å². The number of aromatic nitrogens is 2. The molecule has 0 bridgehead atoms. The fraction of sp³-hybridized carbons (Fsp3) is 0.176. The number of nitrogens with zero attached hydrogens (tertiary/aromatic N) is 2. The molecule has 1 heterocycles. The predicted molar refractivity (Wildman–Crippen MR) is 91.0 cm³/mol. The zero-order valence-corrected chi connectivity index (χ0v) is 14.7. The summed E-state index contributed by atoms with van der Waals surface area (Å²) in [6.07, 6.45) is 0. The monoisotopic (exact) mass is 379 g/mol. The van der Waals surface area contributed by atoms with E-state index in [1.54, 1.807) is 12.1 Å². The summed E-state index contributed by atoms with van der Waals surface area (Å²) in [5.74, 6) is -1.34. The molecule has 0 amide bonds. The molecule has 3 rings (SSSR count). The molecule has 0 aliphatic heterocycles. The highest BCUT2D eigenvalue weighted by molar-refractivity contribution is 7.92. The lowest BCUT2D eigenvalue weighted by molar-refractivity contribution is 0.419. The van der Waals surface area contributed by atoms with Gasteiger partial charge in [-0.1, -0.05) is 19.0 Å². The van der Waals surface area contributed by atoms with Crippen molar-refractivity contribution in [3.8, 4) is 11.5 Å². The summed E-state index contributed by atoms with van der Waals surface area (Å²) in [6, 6.07) is 8.60. The number of hydrogen-bond donors (Lipinski definition) is 1. The highest BCUT2D eigenvalue weighted by Crippen LogP contribution is 2.23. The smallest absolute Gasteiger partial charge is 0.261 e. The van der Waals surface area contributed by atoms with E-state index in [1.165, 1.54) is 12.1 Å². The Morgan fingerprint density at radius 3 is 2.31 bits per heavy atom. The quantitative estimate of drug-likeness (QED) is 0.726. The molecule has 0 fully saturated rings. The largest absolute Gasteiger partial charge is 0.334 e. The van der Waals surface area contributed by atoms with E-state index in [0.29, 0.717) is 23.3 Å². The van der Waals surface area contributed by atoms with Crippen LogP contribution in [0.15, 0.2) is 51.9 Å². The van der Waals surface area contributed by atoms with E-state index in [9.17, 15) is 17.2 Å². The van der Waals surface area contributed by atoms with Crippen LogP contribution in [0, 0.1) is 11.6 Å². The molecule has 0 aliphatic carbocycles. The van der Waals surface area contributed by atoms with Gasteiger partial charge in [-0.2, -0.15) is 4.98 Å². The molecule has 0 spiro atoms. The summed E-state index contributed by atoms with van der Waals surface area (Å²) in [7, 11) is -4.05. The van der Waals surface area contributed by atoms with Crippen LogP contribution in [0.3, 0.4) is 0 Å². The second-order valence-electron chi connectivity index (χ2n) is 5.87. The van der Waals surface area contributed by atoms with Crippen molar-refractivity contribution in [1.29, 1.82) is 0 Å². The Labute approximate surface area is 148 Å². The summed E-state index contributed by atoms with van der Waals surface area (Å²) in [6.45, 7) is 3.87. The van der Waals surface area contributed by atoms with Gasteiger partial charge in [-0.15, -0.1) is 0 Å². The molecule has 0 unspecified atom stereocenters. The van der Waals surface area contributed by atoms with Crippen molar-refractivity contribution < 1.29 is 21.7 Å². The maximum Gasteiger partial charge on any atom is 0.261 e. The van der Waals surface area contributed by atoms with E-state index >= 15 is 0 Å². The number of anilines is 1. The number of halogens is 2. The van der Waals surface area contributed by atoms with Crippen LogP contribution in [0.4, 0.5) is 14.5 Å². The van der Waals surface area contributed by atoms with E-state index in [2.05, 4.69) is 14.9 Å². The van der Waals surface area contributed by atoms with Gasteiger partial charge in [0.1, 0.15) is 0 Å². The topological polar surface area (TPSA) is 85.1 Å². The molecule has 3 aromatic rings. The van der Waals surface area contributed by atoms with Crippen LogP contribution in [0.5, 0.6) is 0 Å². The van der Waals surface area contributed by atoms with Gasteiger partial charge in [-0.3, -0.25) is 4.72 Å². The molecule has 0 saturated carbocycles. The number of rotatable bonds is 5. The van der Waals surface area contributed by atoms with Crippen LogP contribution in [0.2, 0.25) is 0 Å². The van der Waals surface area contributed by atoms with Gasteiger partial charge in [0, 0.05) is 17.2 Å². The first-order valence-electron chi connectivity index (χ1n) is 7.68. The van der Waals surface area contributed by atoms with Crippen LogP contribution < -0.4 is 4.72 Å². The first kappa shape index (κ1) is 18.0. The maximum atomic E-state index is 13.3. The molecule has 0 saturated heterocycles.